The lowest BCUT2D eigenvalue weighted by Crippen LogP contribution is -2.01. The largest absolute Gasteiger partial charge is 0.208 e. The van der Waals surface area contributed by atoms with E-state index in [0.29, 0.717) is 17.5 Å². The molecule has 0 atom stereocenters. The van der Waals surface area contributed by atoms with E-state index in [1.807, 2.05) is 23.5 Å². The first-order chi connectivity index (χ1) is 24.3. The van der Waals surface area contributed by atoms with Gasteiger partial charge in [-0.3, -0.25) is 0 Å². The number of aromatic nitrogens is 3. The van der Waals surface area contributed by atoms with Crippen LogP contribution >= 0.6 is 11.3 Å². The Morgan fingerprint density at radius 3 is 1.53 bits per heavy atom. The molecular formula is C45H29N3S. The van der Waals surface area contributed by atoms with Crippen molar-refractivity contribution >= 4 is 31.5 Å². The van der Waals surface area contributed by atoms with E-state index in [1.54, 1.807) is 0 Å². The fourth-order valence-electron chi connectivity index (χ4n) is 6.52. The molecule has 230 valence electrons. The molecule has 2 heterocycles. The summed E-state index contributed by atoms with van der Waals surface area (Å²) in [6.45, 7) is 0. The molecule has 0 radical (unpaired) electrons. The molecule has 9 rings (SSSR count). The predicted octanol–water partition coefficient (Wildman–Crippen LogP) is 12.2. The number of hydrogen-bond donors (Lipinski definition) is 0. The number of fused-ring (bicyclic) bond motifs is 3. The lowest BCUT2D eigenvalue weighted by molar-refractivity contribution is 1.08. The smallest absolute Gasteiger partial charge is 0.164 e. The van der Waals surface area contributed by atoms with Crippen LogP contribution in [0.25, 0.3) is 87.7 Å². The van der Waals surface area contributed by atoms with Crippen LogP contribution < -0.4 is 0 Å². The molecule has 0 saturated heterocycles. The van der Waals surface area contributed by atoms with Gasteiger partial charge < -0.3 is 0 Å². The highest BCUT2D eigenvalue weighted by atomic mass is 32.1. The van der Waals surface area contributed by atoms with Gasteiger partial charge >= 0.3 is 0 Å². The fraction of sp³-hybridized carbons (Fsp3) is 0. The molecule has 4 heteroatoms. The van der Waals surface area contributed by atoms with E-state index in [0.717, 1.165) is 33.4 Å². The van der Waals surface area contributed by atoms with Crippen LogP contribution in [-0.2, 0) is 0 Å². The summed E-state index contributed by atoms with van der Waals surface area (Å²) in [6, 6.07) is 61.5. The lowest BCUT2D eigenvalue weighted by atomic mass is 9.98. The van der Waals surface area contributed by atoms with Gasteiger partial charge in [0.2, 0.25) is 0 Å². The lowest BCUT2D eigenvalue weighted by Gasteiger charge is -2.12. The maximum atomic E-state index is 5.22. The molecule has 0 spiro atoms. The number of thiophene rings is 1. The molecule has 0 amide bonds. The van der Waals surface area contributed by atoms with E-state index in [2.05, 4.69) is 164 Å². The Hall–Kier alpha value is -6.23. The summed E-state index contributed by atoms with van der Waals surface area (Å²) in [7, 11) is 0. The van der Waals surface area contributed by atoms with E-state index >= 15 is 0 Å². The molecule has 0 aliphatic carbocycles. The summed E-state index contributed by atoms with van der Waals surface area (Å²) in [5, 5.41) is 2.37. The summed E-state index contributed by atoms with van der Waals surface area (Å²) in [5.41, 5.74) is 9.88. The Morgan fingerprint density at radius 1 is 0.327 bits per heavy atom. The van der Waals surface area contributed by atoms with Crippen molar-refractivity contribution in [2.75, 3.05) is 0 Å². The quantitative estimate of drug-likeness (QED) is 0.181. The molecule has 0 saturated carbocycles. The molecule has 0 bridgehead atoms. The normalized spacial score (nSPS) is 11.3. The van der Waals surface area contributed by atoms with Gasteiger partial charge in [0, 0.05) is 36.9 Å². The molecule has 2 aromatic heterocycles. The fourth-order valence-corrected chi connectivity index (χ4v) is 7.79. The monoisotopic (exact) mass is 643 g/mol. The van der Waals surface area contributed by atoms with Crippen molar-refractivity contribution in [3.63, 3.8) is 0 Å². The van der Waals surface area contributed by atoms with Gasteiger partial charge in [0.25, 0.3) is 0 Å². The van der Waals surface area contributed by atoms with Crippen LogP contribution in [0.2, 0.25) is 0 Å². The third-order valence-electron chi connectivity index (χ3n) is 8.97. The zero-order chi connectivity index (χ0) is 32.6. The molecule has 7 aromatic carbocycles. The highest BCUT2D eigenvalue weighted by Gasteiger charge is 2.19. The highest BCUT2D eigenvalue weighted by Crippen LogP contribution is 2.44. The third-order valence-corrected chi connectivity index (χ3v) is 10.2. The molecule has 0 aliphatic rings. The first-order valence-corrected chi connectivity index (χ1v) is 17.2. The topological polar surface area (TPSA) is 38.7 Å². The predicted molar refractivity (Wildman–Crippen MR) is 205 cm³/mol. The van der Waals surface area contributed by atoms with Crippen LogP contribution in [0.3, 0.4) is 0 Å². The minimum atomic E-state index is 0.643. The van der Waals surface area contributed by atoms with E-state index in [-0.39, 0.29) is 0 Å². The van der Waals surface area contributed by atoms with Crippen molar-refractivity contribution in [2.45, 2.75) is 0 Å². The van der Waals surface area contributed by atoms with Crippen LogP contribution in [0, 0.1) is 0 Å². The van der Waals surface area contributed by atoms with Gasteiger partial charge in [-0.2, -0.15) is 0 Å². The first kappa shape index (κ1) is 29.0. The van der Waals surface area contributed by atoms with Crippen molar-refractivity contribution in [3.8, 4) is 67.5 Å². The Morgan fingerprint density at radius 2 is 0.816 bits per heavy atom. The van der Waals surface area contributed by atoms with Crippen LogP contribution in [0.5, 0.6) is 0 Å². The standard InChI is InChI=1S/C45H29N3S/c1-4-13-30(14-5-1)32-23-25-34(26-24-32)43-46-44(36-20-12-19-35(29-36)31-15-6-2-7-16-31)48-45(47-43)39-28-27-37(33-17-8-3-9-18-33)42-41(39)38-21-10-11-22-40(38)49-42/h1-29H. The molecular weight excluding hydrogens is 615 g/mol. The van der Waals surface area contributed by atoms with Crippen LogP contribution in [-0.4, -0.2) is 15.0 Å². The van der Waals surface area contributed by atoms with Crippen LogP contribution in [0.4, 0.5) is 0 Å². The minimum absolute atomic E-state index is 0.643. The summed E-state index contributed by atoms with van der Waals surface area (Å²) in [6.07, 6.45) is 0. The maximum Gasteiger partial charge on any atom is 0.164 e. The van der Waals surface area contributed by atoms with Gasteiger partial charge in [-0.05, 0) is 51.6 Å². The summed E-state index contributed by atoms with van der Waals surface area (Å²) >= 11 is 1.82. The highest BCUT2D eigenvalue weighted by molar-refractivity contribution is 7.26. The second-order valence-electron chi connectivity index (χ2n) is 12.0. The van der Waals surface area contributed by atoms with Gasteiger partial charge in [0.05, 0.1) is 0 Å². The van der Waals surface area contributed by atoms with Crippen molar-refractivity contribution in [2.24, 2.45) is 0 Å². The van der Waals surface area contributed by atoms with Crippen molar-refractivity contribution in [1.29, 1.82) is 0 Å². The molecule has 0 aliphatic heterocycles. The van der Waals surface area contributed by atoms with E-state index in [4.69, 9.17) is 15.0 Å². The van der Waals surface area contributed by atoms with Crippen molar-refractivity contribution in [1.82, 2.24) is 15.0 Å². The van der Waals surface area contributed by atoms with Gasteiger partial charge in [0.15, 0.2) is 17.5 Å². The Balaban J connectivity index is 1.26. The van der Waals surface area contributed by atoms with E-state index < -0.39 is 0 Å². The van der Waals surface area contributed by atoms with Crippen LogP contribution in [0.15, 0.2) is 176 Å². The van der Waals surface area contributed by atoms with E-state index in [1.165, 1.54) is 36.9 Å². The Kier molecular flexibility index (Phi) is 7.34. The molecule has 0 N–H and O–H groups in total. The first-order valence-electron chi connectivity index (χ1n) is 16.4. The maximum absolute atomic E-state index is 5.22. The number of hydrogen-bond acceptors (Lipinski definition) is 4. The number of rotatable bonds is 6. The van der Waals surface area contributed by atoms with E-state index in [9.17, 15) is 0 Å². The minimum Gasteiger partial charge on any atom is -0.208 e. The zero-order valence-electron chi connectivity index (χ0n) is 26.5. The Bertz CT molecular complexity index is 2580. The second kappa shape index (κ2) is 12.4. The third kappa shape index (κ3) is 5.48. The summed E-state index contributed by atoms with van der Waals surface area (Å²) in [4.78, 5) is 15.5. The average Bonchev–Trinajstić information content (AvgIpc) is 3.58. The number of nitrogens with zero attached hydrogens (tertiary/aromatic N) is 3. The molecule has 3 nitrogen and oxygen atoms in total. The zero-order valence-corrected chi connectivity index (χ0v) is 27.3. The van der Waals surface area contributed by atoms with Crippen LogP contribution in [0.1, 0.15) is 0 Å². The second-order valence-corrected chi connectivity index (χ2v) is 13.1. The van der Waals surface area contributed by atoms with Crippen molar-refractivity contribution < 1.29 is 0 Å². The molecule has 9 aromatic rings. The summed E-state index contributed by atoms with van der Waals surface area (Å²) < 4.78 is 2.47. The van der Waals surface area contributed by atoms with Gasteiger partial charge in [0.1, 0.15) is 0 Å². The summed E-state index contributed by atoms with van der Waals surface area (Å²) in [5.74, 6) is 1.94. The molecule has 49 heavy (non-hydrogen) atoms. The SMILES string of the molecule is c1ccc(-c2ccc(-c3nc(-c4cccc(-c5ccccc5)c4)nc(-c4ccc(-c5ccccc5)c5sc6ccccc6c45)n3)cc2)cc1. The molecule has 0 unspecified atom stereocenters. The Labute approximate surface area is 288 Å². The van der Waals surface area contributed by atoms with Gasteiger partial charge in [-0.1, -0.05) is 158 Å². The number of benzene rings is 7. The van der Waals surface area contributed by atoms with Gasteiger partial charge in [-0.15, -0.1) is 11.3 Å². The average molecular weight is 644 g/mol. The molecule has 0 fully saturated rings. The van der Waals surface area contributed by atoms with Gasteiger partial charge in [-0.25, -0.2) is 15.0 Å². The van der Waals surface area contributed by atoms with Crippen molar-refractivity contribution in [3.05, 3.63) is 176 Å².